The molecule has 1 aromatic rings. The molecule has 1 fully saturated rings. The van der Waals surface area contributed by atoms with E-state index < -0.39 is 0 Å². The molecule has 2 heteroatoms. The SMILES string of the molecule is CCC1CCC(C)N1CCC(O)c1cc(C)cc(C)c1. The first-order valence-corrected chi connectivity index (χ1v) is 8.03. The number of aliphatic hydroxyl groups excluding tert-OH is 1. The molecule has 0 spiro atoms. The molecule has 1 heterocycles. The topological polar surface area (TPSA) is 23.5 Å². The van der Waals surface area contributed by atoms with Gasteiger partial charge in [0.1, 0.15) is 0 Å². The van der Waals surface area contributed by atoms with E-state index in [4.69, 9.17) is 0 Å². The van der Waals surface area contributed by atoms with Gasteiger partial charge >= 0.3 is 0 Å². The lowest BCUT2D eigenvalue weighted by Gasteiger charge is -2.28. The Morgan fingerprint density at radius 3 is 2.45 bits per heavy atom. The number of aliphatic hydroxyl groups is 1. The van der Waals surface area contributed by atoms with Crippen molar-refractivity contribution in [3.05, 3.63) is 34.9 Å². The Morgan fingerprint density at radius 2 is 1.85 bits per heavy atom. The fraction of sp³-hybridized carbons (Fsp3) is 0.667. The van der Waals surface area contributed by atoms with Gasteiger partial charge < -0.3 is 5.11 Å². The van der Waals surface area contributed by atoms with Gasteiger partial charge in [-0.25, -0.2) is 0 Å². The molecule has 1 saturated heterocycles. The van der Waals surface area contributed by atoms with Gasteiger partial charge in [0.05, 0.1) is 6.10 Å². The molecule has 1 N–H and O–H groups in total. The summed E-state index contributed by atoms with van der Waals surface area (Å²) in [5.41, 5.74) is 3.54. The summed E-state index contributed by atoms with van der Waals surface area (Å²) in [5.74, 6) is 0. The van der Waals surface area contributed by atoms with Crippen molar-refractivity contribution in [2.75, 3.05) is 6.54 Å². The highest BCUT2D eigenvalue weighted by Crippen LogP contribution is 2.28. The monoisotopic (exact) mass is 275 g/mol. The predicted octanol–water partition coefficient (Wildman–Crippen LogP) is 3.99. The number of rotatable bonds is 5. The molecule has 0 radical (unpaired) electrons. The highest BCUT2D eigenvalue weighted by atomic mass is 16.3. The van der Waals surface area contributed by atoms with Crippen LogP contribution in [0.4, 0.5) is 0 Å². The van der Waals surface area contributed by atoms with Crippen molar-refractivity contribution in [3.8, 4) is 0 Å². The molecule has 112 valence electrons. The summed E-state index contributed by atoms with van der Waals surface area (Å²) in [6, 6.07) is 7.78. The van der Waals surface area contributed by atoms with Crippen LogP contribution in [0, 0.1) is 13.8 Å². The first-order valence-electron chi connectivity index (χ1n) is 8.03. The molecule has 3 atom stereocenters. The zero-order valence-corrected chi connectivity index (χ0v) is 13.4. The Bertz CT molecular complexity index is 423. The summed E-state index contributed by atoms with van der Waals surface area (Å²) < 4.78 is 0. The van der Waals surface area contributed by atoms with Crippen molar-refractivity contribution in [2.24, 2.45) is 0 Å². The quantitative estimate of drug-likeness (QED) is 0.878. The van der Waals surface area contributed by atoms with Crippen LogP contribution in [0.25, 0.3) is 0 Å². The molecule has 0 amide bonds. The third kappa shape index (κ3) is 3.62. The van der Waals surface area contributed by atoms with Crippen LogP contribution in [0.15, 0.2) is 18.2 Å². The van der Waals surface area contributed by atoms with Crippen LogP contribution in [0.3, 0.4) is 0 Å². The number of nitrogens with zero attached hydrogens (tertiary/aromatic N) is 1. The van der Waals surface area contributed by atoms with Gasteiger partial charge in [-0.05, 0) is 52.0 Å². The number of likely N-dealkylation sites (tertiary alicyclic amines) is 1. The zero-order chi connectivity index (χ0) is 14.7. The van der Waals surface area contributed by atoms with Crippen molar-refractivity contribution in [1.82, 2.24) is 4.90 Å². The van der Waals surface area contributed by atoms with Gasteiger partial charge in [0.15, 0.2) is 0 Å². The minimum Gasteiger partial charge on any atom is -0.388 e. The normalized spacial score (nSPS) is 25.1. The van der Waals surface area contributed by atoms with E-state index in [-0.39, 0.29) is 6.10 Å². The van der Waals surface area contributed by atoms with Gasteiger partial charge in [-0.2, -0.15) is 0 Å². The predicted molar refractivity (Wildman–Crippen MR) is 85.0 cm³/mol. The molecule has 2 rings (SSSR count). The molecule has 0 saturated carbocycles. The van der Waals surface area contributed by atoms with Crippen molar-refractivity contribution in [2.45, 2.75) is 71.6 Å². The van der Waals surface area contributed by atoms with E-state index in [2.05, 4.69) is 50.8 Å². The van der Waals surface area contributed by atoms with Crippen LogP contribution in [0.5, 0.6) is 0 Å². The van der Waals surface area contributed by atoms with E-state index in [1.807, 2.05) is 0 Å². The smallest absolute Gasteiger partial charge is 0.0802 e. The van der Waals surface area contributed by atoms with Gasteiger partial charge in [0.25, 0.3) is 0 Å². The molecule has 0 aliphatic carbocycles. The summed E-state index contributed by atoms with van der Waals surface area (Å²) in [6.07, 6.45) is 4.35. The second-order valence-electron chi connectivity index (χ2n) is 6.45. The Morgan fingerprint density at radius 1 is 1.20 bits per heavy atom. The van der Waals surface area contributed by atoms with E-state index in [0.717, 1.165) is 24.6 Å². The van der Waals surface area contributed by atoms with E-state index in [0.29, 0.717) is 6.04 Å². The largest absolute Gasteiger partial charge is 0.388 e. The number of hydrogen-bond acceptors (Lipinski definition) is 2. The maximum atomic E-state index is 10.4. The molecule has 1 aliphatic heterocycles. The second-order valence-corrected chi connectivity index (χ2v) is 6.45. The van der Waals surface area contributed by atoms with Crippen LogP contribution >= 0.6 is 0 Å². The molecule has 1 aliphatic rings. The summed E-state index contributed by atoms with van der Waals surface area (Å²) in [6.45, 7) is 9.79. The van der Waals surface area contributed by atoms with E-state index in [1.54, 1.807) is 0 Å². The van der Waals surface area contributed by atoms with Crippen molar-refractivity contribution in [3.63, 3.8) is 0 Å². The number of hydrogen-bond donors (Lipinski definition) is 1. The van der Waals surface area contributed by atoms with E-state index in [9.17, 15) is 5.11 Å². The molecule has 1 aromatic carbocycles. The maximum Gasteiger partial charge on any atom is 0.0802 e. The van der Waals surface area contributed by atoms with Gasteiger partial charge in [0.2, 0.25) is 0 Å². The van der Waals surface area contributed by atoms with Crippen molar-refractivity contribution >= 4 is 0 Å². The van der Waals surface area contributed by atoms with Crippen LogP contribution in [0.2, 0.25) is 0 Å². The van der Waals surface area contributed by atoms with Crippen LogP contribution in [-0.4, -0.2) is 28.6 Å². The highest BCUT2D eigenvalue weighted by Gasteiger charge is 2.29. The summed E-state index contributed by atoms with van der Waals surface area (Å²) in [7, 11) is 0. The third-order valence-corrected chi connectivity index (χ3v) is 4.71. The summed E-state index contributed by atoms with van der Waals surface area (Å²) in [5, 5.41) is 10.4. The minimum atomic E-state index is -0.334. The zero-order valence-electron chi connectivity index (χ0n) is 13.4. The second kappa shape index (κ2) is 6.73. The average Bonchev–Trinajstić information content (AvgIpc) is 2.75. The van der Waals surface area contributed by atoms with Gasteiger partial charge in [-0.15, -0.1) is 0 Å². The van der Waals surface area contributed by atoms with Gasteiger partial charge in [-0.1, -0.05) is 36.2 Å². The molecular formula is C18H29NO. The highest BCUT2D eigenvalue weighted by molar-refractivity contribution is 5.29. The Kier molecular flexibility index (Phi) is 5.22. The summed E-state index contributed by atoms with van der Waals surface area (Å²) >= 11 is 0. The molecule has 0 aromatic heterocycles. The van der Waals surface area contributed by atoms with Crippen molar-refractivity contribution < 1.29 is 5.11 Å². The fourth-order valence-electron chi connectivity index (χ4n) is 3.61. The molecule has 2 nitrogen and oxygen atoms in total. The average molecular weight is 275 g/mol. The Balaban J connectivity index is 1.96. The standard InChI is InChI=1S/C18H29NO/c1-5-17-7-6-15(4)19(17)9-8-18(20)16-11-13(2)10-14(3)12-16/h10-12,15,17-18,20H,5-9H2,1-4H3. The number of aryl methyl sites for hydroxylation is 2. The fourth-order valence-corrected chi connectivity index (χ4v) is 3.61. The molecule has 20 heavy (non-hydrogen) atoms. The van der Waals surface area contributed by atoms with Crippen LogP contribution in [-0.2, 0) is 0 Å². The molecule has 0 bridgehead atoms. The molecule has 3 unspecified atom stereocenters. The van der Waals surface area contributed by atoms with E-state index in [1.165, 1.54) is 30.4 Å². The van der Waals surface area contributed by atoms with Gasteiger partial charge in [0, 0.05) is 18.6 Å². The van der Waals surface area contributed by atoms with E-state index >= 15 is 0 Å². The van der Waals surface area contributed by atoms with Crippen molar-refractivity contribution in [1.29, 1.82) is 0 Å². The lowest BCUT2D eigenvalue weighted by atomic mass is 10.0. The Labute approximate surface area is 123 Å². The first kappa shape index (κ1) is 15.5. The first-order chi connectivity index (χ1) is 9.51. The summed E-state index contributed by atoms with van der Waals surface area (Å²) in [4.78, 5) is 2.59. The third-order valence-electron chi connectivity index (χ3n) is 4.71. The van der Waals surface area contributed by atoms with Gasteiger partial charge in [-0.3, -0.25) is 4.90 Å². The Hall–Kier alpha value is -0.860. The molecular weight excluding hydrogens is 246 g/mol. The van der Waals surface area contributed by atoms with Crippen LogP contribution in [0.1, 0.15) is 62.3 Å². The lowest BCUT2D eigenvalue weighted by Crippen LogP contribution is -2.35. The number of benzene rings is 1. The minimum absolute atomic E-state index is 0.334. The lowest BCUT2D eigenvalue weighted by molar-refractivity contribution is 0.122. The van der Waals surface area contributed by atoms with Crippen LogP contribution < -0.4 is 0 Å². The maximum absolute atomic E-state index is 10.4.